The van der Waals surface area contributed by atoms with Gasteiger partial charge in [0.1, 0.15) is 17.9 Å². The molecule has 0 fully saturated rings. The molecule has 0 aliphatic heterocycles. The number of hydrogen-bond donors (Lipinski definition) is 0. The van der Waals surface area contributed by atoms with Crippen molar-refractivity contribution in [2.24, 2.45) is 0 Å². The number of methoxy groups -OCH3 is 1. The van der Waals surface area contributed by atoms with Crippen LogP contribution in [-0.4, -0.2) is 19.7 Å². The van der Waals surface area contributed by atoms with Crippen molar-refractivity contribution in [3.05, 3.63) is 42.0 Å². The quantitative estimate of drug-likeness (QED) is 0.580. The zero-order valence-electron chi connectivity index (χ0n) is 10.5. The lowest BCUT2D eigenvalue weighted by Gasteiger charge is -2.12. The lowest BCUT2D eigenvalue weighted by Crippen LogP contribution is -2.07. The second-order valence-corrected chi connectivity index (χ2v) is 4.00. The third kappa shape index (κ3) is 3.34. The summed E-state index contributed by atoms with van der Waals surface area (Å²) in [6, 6.07) is 5.57. The van der Waals surface area contributed by atoms with Crippen molar-refractivity contribution >= 4 is 5.97 Å². The minimum absolute atomic E-state index is 0.354. The summed E-state index contributed by atoms with van der Waals surface area (Å²) in [5.41, 5.74) is 1.54. The second-order valence-electron chi connectivity index (χ2n) is 4.00. The largest absolute Gasteiger partial charge is 0.489 e. The summed E-state index contributed by atoms with van der Waals surface area (Å²) in [5, 5.41) is 0. The molecule has 0 spiro atoms. The molecule has 0 heterocycles. The Balaban J connectivity index is 3.11. The number of hydrogen-bond acceptors (Lipinski definition) is 3. The standard InChI is InChI=1S/C14H18O3/c1-5-8-17-13-7-6-11(10(2)3)9-12(13)14(15)16-4/h5-7,9-10H,1,8H2,2-4H3. The first-order valence-corrected chi connectivity index (χ1v) is 5.56. The molecule has 3 heteroatoms. The summed E-state index contributed by atoms with van der Waals surface area (Å²) >= 11 is 0. The Labute approximate surface area is 102 Å². The molecule has 0 bridgehead atoms. The summed E-state index contributed by atoms with van der Waals surface area (Å²) in [7, 11) is 1.36. The van der Waals surface area contributed by atoms with E-state index >= 15 is 0 Å². The molecule has 0 aliphatic rings. The maximum Gasteiger partial charge on any atom is 0.341 e. The molecule has 0 saturated heterocycles. The fourth-order valence-corrected chi connectivity index (χ4v) is 1.45. The first-order chi connectivity index (χ1) is 8.10. The van der Waals surface area contributed by atoms with Gasteiger partial charge >= 0.3 is 5.97 Å². The highest BCUT2D eigenvalue weighted by molar-refractivity contribution is 5.92. The third-order valence-corrected chi connectivity index (χ3v) is 2.43. The van der Waals surface area contributed by atoms with Gasteiger partial charge in [0.05, 0.1) is 7.11 Å². The molecule has 0 N–H and O–H groups in total. The van der Waals surface area contributed by atoms with Crippen molar-refractivity contribution in [2.45, 2.75) is 19.8 Å². The molecule has 3 nitrogen and oxygen atoms in total. The minimum atomic E-state index is -0.383. The van der Waals surface area contributed by atoms with Crippen molar-refractivity contribution in [2.75, 3.05) is 13.7 Å². The van der Waals surface area contributed by atoms with Crippen LogP contribution in [0.5, 0.6) is 5.75 Å². The van der Waals surface area contributed by atoms with Crippen LogP contribution in [-0.2, 0) is 4.74 Å². The second kappa shape index (κ2) is 6.09. The van der Waals surface area contributed by atoms with E-state index in [1.165, 1.54) is 7.11 Å². The van der Waals surface area contributed by atoms with E-state index in [0.717, 1.165) is 5.56 Å². The number of carbonyl (C=O) groups is 1. The molecule has 1 aromatic rings. The van der Waals surface area contributed by atoms with Gasteiger partial charge in [0.15, 0.2) is 0 Å². The Morgan fingerprint density at radius 3 is 2.71 bits per heavy atom. The average molecular weight is 234 g/mol. The summed E-state index contributed by atoms with van der Waals surface area (Å²) in [6.45, 7) is 8.08. The van der Waals surface area contributed by atoms with Gasteiger partial charge < -0.3 is 9.47 Å². The first-order valence-electron chi connectivity index (χ1n) is 5.56. The maximum absolute atomic E-state index is 11.6. The number of carbonyl (C=O) groups excluding carboxylic acids is 1. The van der Waals surface area contributed by atoms with E-state index in [0.29, 0.717) is 23.8 Å². The van der Waals surface area contributed by atoms with Crippen molar-refractivity contribution in [1.82, 2.24) is 0 Å². The Hall–Kier alpha value is -1.77. The van der Waals surface area contributed by atoms with E-state index in [-0.39, 0.29) is 5.97 Å². The van der Waals surface area contributed by atoms with Crippen LogP contribution >= 0.6 is 0 Å². The highest BCUT2D eigenvalue weighted by atomic mass is 16.5. The van der Waals surface area contributed by atoms with Crippen LogP contribution in [0, 0.1) is 0 Å². The van der Waals surface area contributed by atoms with Gasteiger partial charge in [-0.05, 0) is 23.6 Å². The Morgan fingerprint density at radius 1 is 1.47 bits per heavy atom. The summed E-state index contributed by atoms with van der Waals surface area (Å²) < 4.78 is 10.2. The van der Waals surface area contributed by atoms with E-state index in [9.17, 15) is 4.79 Å². The first kappa shape index (κ1) is 13.3. The fourth-order valence-electron chi connectivity index (χ4n) is 1.45. The van der Waals surface area contributed by atoms with Crippen LogP contribution in [0.4, 0.5) is 0 Å². The van der Waals surface area contributed by atoms with Gasteiger partial charge in [-0.15, -0.1) is 0 Å². The zero-order valence-corrected chi connectivity index (χ0v) is 10.5. The van der Waals surface area contributed by atoms with Crippen LogP contribution in [0.25, 0.3) is 0 Å². The fraction of sp³-hybridized carbons (Fsp3) is 0.357. The Bertz CT molecular complexity index is 408. The highest BCUT2D eigenvalue weighted by Crippen LogP contribution is 2.25. The van der Waals surface area contributed by atoms with Gasteiger partial charge in [0.2, 0.25) is 0 Å². The van der Waals surface area contributed by atoms with E-state index in [1.807, 2.05) is 12.1 Å². The molecule has 17 heavy (non-hydrogen) atoms. The van der Waals surface area contributed by atoms with Crippen molar-refractivity contribution in [3.63, 3.8) is 0 Å². The maximum atomic E-state index is 11.6. The average Bonchev–Trinajstić information content (AvgIpc) is 2.35. The van der Waals surface area contributed by atoms with E-state index in [4.69, 9.17) is 9.47 Å². The predicted molar refractivity (Wildman–Crippen MR) is 67.6 cm³/mol. The number of esters is 1. The summed E-state index contributed by atoms with van der Waals surface area (Å²) in [5.74, 6) is 0.500. The molecule has 0 atom stereocenters. The van der Waals surface area contributed by atoms with E-state index in [2.05, 4.69) is 20.4 Å². The van der Waals surface area contributed by atoms with Crippen LogP contribution in [0.2, 0.25) is 0 Å². The molecule has 0 unspecified atom stereocenters. The minimum Gasteiger partial charge on any atom is -0.489 e. The SMILES string of the molecule is C=CCOc1ccc(C(C)C)cc1C(=O)OC. The van der Waals surface area contributed by atoms with Gasteiger partial charge in [-0.3, -0.25) is 0 Å². The van der Waals surface area contributed by atoms with Gasteiger partial charge in [-0.25, -0.2) is 4.79 Å². The molecule has 0 aliphatic carbocycles. The lowest BCUT2D eigenvalue weighted by atomic mass is 10.0. The smallest absolute Gasteiger partial charge is 0.341 e. The molecule has 0 saturated carbocycles. The van der Waals surface area contributed by atoms with Crippen LogP contribution in [0.15, 0.2) is 30.9 Å². The highest BCUT2D eigenvalue weighted by Gasteiger charge is 2.14. The molecule has 0 radical (unpaired) electrons. The molecule has 1 aromatic carbocycles. The Kier molecular flexibility index (Phi) is 4.76. The third-order valence-electron chi connectivity index (χ3n) is 2.43. The van der Waals surface area contributed by atoms with Crippen LogP contribution in [0.3, 0.4) is 0 Å². The van der Waals surface area contributed by atoms with Crippen LogP contribution < -0.4 is 4.74 Å². The number of benzene rings is 1. The van der Waals surface area contributed by atoms with Crippen molar-refractivity contribution in [1.29, 1.82) is 0 Å². The molecular weight excluding hydrogens is 216 g/mol. The van der Waals surface area contributed by atoms with Gasteiger partial charge in [0, 0.05) is 0 Å². The van der Waals surface area contributed by atoms with Gasteiger partial charge in [-0.2, -0.15) is 0 Å². The molecule has 0 aromatic heterocycles. The number of rotatable bonds is 5. The molecule has 1 rings (SSSR count). The van der Waals surface area contributed by atoms with Crippen molar-refractivity contribution in [3.8, 4) is 5.75 Å². The molecule has 92 valence electrons. The topological polar surface area (TPSA) is 35.5 Å². The van der Waals surface area contributed by atoms with E-state index < -0.39 is 0 Å². The van der Waals surface area contributed by atoms with Gasteiger partial charge in [0.25, 0.3) is 0 Å². The monoisotopic (exact) mass is 234 g/mol. The summed E-state index contributed by atoms with van der Waals surface area (Å²) in [4.78, 5) is 11.6. The number of ether oxygens (including phenoxy) is 2. The molecular formula is C14H18O3. The van der Waals surface area contributed by atoms with Crippen molar-refractivity contribution < 1.29 is 14.3 Å². The van der Waals surface area contributed by atoms with Crippen LogP contribution in [0.1, 0.15) is 35.7 Å². The Morgan fingerprint density at radius 2 is 2.18 bits per heavy atom. The lowest BCUT2D eigenvalue weighted by molar-refractivity contribution is 0.0596. The van der Waals surface area contributed by atoms with E-state index in [1.54, 1.807) is 12.1 Å². The molecule has 0 amide bonds. The van der Waals surface area contributed by atoms with Gasteiger partial charge in [-0.1, -0.05) is 32.6 Å². The normalized spacial score (nSPS) is 10.1. The predicted octanol–water partition coefficient (Wildman–Crippen LogP) is 3.16. The summed E-state index contributed by atoms with van der Waals surface area (Å²) in [6.07, 6.45) is 1.64. The zero-order chi connectivity index (χ0) is 12.8.